The third kappa shape index (κ3) is 5.78. The van der Waals surface area contributed by atoms with Crippen LogP contribution in [-0.2, 0) is 16.1 Å². The first-order chi connectivity index (χ1) is 13.1. The van der Waals surface area contributed by atoms with Crippen LogP contribution < -0.4 is 0 Å². The quantitative estimate of drug-likeness (QED) is 0.704. The van der Waals surface area contributed by atoms with E-state index in [1.807, 2.05) is 18.2 Å². The molecule has 1 saturated heterocycles. The minimum Gasteiger partial charge on any atom is -0.480 e. The SMILES string of the molecule is O=C(O)COCCN1CCN(Cc2ccccc2-c2ccccc2Cl)CC1. The van der Waals surface area contributed by atoms with Crippen molar-refractivity contribution in [2.75, 3.05) is 45.9 Å². The highest BCUT2D eigenvalue weighted by Gasteiger charge is 2.18. The highest BCUT2D eigenvalue weighted by atomic mass is 35.5. The van der Waals surface area contributed by atoms with Crippen molar-refractivity contribution in [1.29, 1.82) is 0 Å². The molecule has 1 aliphatic heterocycles. The Labute approximate surface area is 165 Å². The Morgan fingerprint density at radius 3 is 2.30 bits per heavy atom. The molecule has 0 aromatic heterocycles. The van der Waals surface area contributed by atoms with Gasteiger partial charge in [0.25, 0.3) is 0 Å². The maximum absolute atomic E-state index is 10.5. The molecule has 0 amide bonds. The number of benzene rings is 2. The molecular weight excluding hydrogens is 364 g/mol. The van der Waals surface area contributed by atoms with E-state index < -0.39 is 5.97 Å². The normalized spacial score (nSPS) is 15.7. The summed E-state index contributed by atoms with van der Waals surface area (Å²) >= 11 is 6.40. The van der Waals surface area contributed by atoms with E-state index >= 15 is 0 Å². The van der Waals surface area contributed by atoms with Crippen LogP contribution in [0.2, 0.25) is 5.02 Å². The molecule has 27 heavy (non-hydrogen) atoms. The van der Waals surface area contributed by atoms with E-state index in [4.69, 9.17) is 21.4 Å². The predicted octanol–water partition coefficient (Wildman–Crippen LogP) is 3.23. The highest BCUT2D eigenvalue weighted by molar-refractivity contribution is 6.33. The molecule has 0 atom stereocenters. The summed E-state index contributed by atoms with van der Waals surface area (Å²) < 4.78 is 5.13. The molecule has 6 heteroatoms. The third-order valence-corrected chi connectivity index (χ3v) is 5.15. The second kappa shape index (κ2) is 9.85. The second-order valence-electron chi connectivity index (χ2n) is 6.70. The van der Waals surface area contributed by atoms with Crippen molar-refractivity contribution in [2.45, 2.75) is 6.54 Å². The van der Waals surface area contributed by atoms with Crippen molar-refractivity contribution < 1.29 is 14.6 Å². The van der Waals surface area contributed by atoms with Crippen LogP contribution in [0.4, 0.5) is 0 Å². The van der Waals surface area contributed by atoms with Crippen LogP contribution in [0, 0.1) is 0 Å². The number of carboxylic acids is 1. The molecule has 144 valence electrons. The van der Waals surface area contributed by atoms with Crippen LogP contribution in [0.25, 0.3) is 11.1 Å². The van der Waals surface area contributed by atoms with E-state index in [0.29, 0.717) is 6.61 Å². The number of carboxylic acid groups (broad SMARTS) is 1. The van der Waals surface area contributed by atoms with Gasteiger partial charge in [0.2, 0.25) is 0 Å². The first kappa shape index (κ1) is 19.8. The van der Waals surface area contributed by atoms with E-state index in [-0.39, 0.29) is 6.61 Å². The Hall–Kier alpha value is -1.92. The summed E-state index contributed by atoms with van der Waals surface area (Å²) in [7, 11) is 0. The lowest BCUT2D eigenvalue weighted by molar-refractivity contribution is -0.142. The number of aliphatic carboxylic acids is 1. The van der Waals surface area contributed by atoms with Crippen LogP contribution >= 0.6 is 11.6 Å². The van der Waals surface area contributed by atoms with Crippen molar-refractivity contribution >= 4 is 17.6 Å². The van der Waals surface area contributed by atoms with Gasteiger partial charge in [0.15, 0.2) is 0 Å². The molecule has 3 rings (SSSR count). The first-order valence-electron chi connectivity index (χ1n) is 9.20. The Bertz CT molecular complexity index is 761. The fourth-order valence-corrected chi connectivity index (χ4v) is 3.60. The Morgan fingerprint density at radius 1 is 0.963 bits per heavy atom. The summed E-state index contributed by atoms with van der Waals surface area (Å²) in [5.41, 5.74) is 3.54. The molecule has 1 heterocycles. The maximum Gasteiger partial charge on any atom is 0.329 e. The molecule has 1 aliphatic rings. The lowest BCUT2D eigenvalue weighted by Gasteiger charge is -2.35. The standard InChI is InChI=1S/C21H25ClN2O3/c22-20-8-4-3-7-19(20)18-6-2-1-5-17(18)15-24-11-9-23(10-12-24)13-14-27-16-21(25)26/h1-8H,9-16H2,(H,25,26). The van der Waals surface area contributed by atoms with E-state index in [0.717, 1.165) is 49.9 Å². The van der Waals surface area contributed by atoms with Crippen LogP contribution in [-0.4, -0.2) is 66.8 Å². The minimum atomic E-state index is -0.919. The van der Waals surface area contributed by atoms with Crippen molar-refractivity contribution in [3.05, 3.63) is 59.1 Å². The Balaban J connectivity index is 1.54. The number of halogens is 1. The number of hydrogen-bond donors (Lipinski definition) is 1. The fourth-order valence-electron chi connectivity index (χ4n) is 3.37. The van der Waals surface area contributed by atoms with Gasteiger partial charge in [-0.2, -0.15) is 0 Å². The van der Waals surface area contributed by atoms with Gasteiger partial charge >= 0.3 is 5.97 Å². The molecule has 0 radical (unpaired) electrons. The van der Waals surface area contributed by atoms with Crippen molar-refractivity contribution in [2.24, 2.45) is 0 Å². The summed E-state index contributed by atoms with van der Waals surface area (Å²) in [5, 5.41) is 9.37. The fraction of sp³-hybridized carbons (Fsp3) is 0.381. The molecular formula is C21H25ClN2O3. The second-order valence-corrected chi connectivity index (χ2v) is 7.11. The van der Waals surface area contributed by atoms with Gasteiger partial charge in [-0.3, -0.25) is 9.80 Å². The maximum atomic E-state index is 10.5. The molecule has 1 fully saturated rings. The van der Waals surface area contributed by atoms with Crippen molar-refractivity contribution in [3.63, 3.8) is 0 Å². The van der Waals surface area contributed by atoms with Gasteiger partial charge < -0.3 is 9.84 Å². The summed E-state index contributed by atoms with van der Waals surface area (Å²) in [6.45, 7) is 5.80. The number of hydrogen-bond acceptors (Lipinski definition) is 4. The molecule has 0 unspecified atom stereocenters. The van der Waals surface area contributed by atoms with Crippen molar-refractivity contribution in [1.82, 2.24) is 9.80 Å². The third-order valence-electron chi connectivity index (χ3n) is 4.82. The Morgan fingerprint density at radius 2 is 1.59 bits per heavy atom. The van der Waals surface area contributed by atoms with Gasteiger partial charge in [0, 0.05) is 49.9 Å². The average molecular weight is 389 g/mol. The smallest absolute Gasteiger partial charge is 0.329 e. The number of piperazine rings is 1. The van der Waals surface area contributed by atoms with E-state index in [1.165, 1.54) is 11.1 Å². The largest absolute Gasteiger partial charge is 0.480 e. The lowest BCUT2D eigenvalue weighted by atomic mass is 9.99. The molecule has 0 saturated carbocycles. The van der Waals surface area contributed by atoms with Crippen LogP contribution in [0.3, 0.4) is 0 Å². The average Bonchev–Trinajstić information content (AvgIpc) is 2.67. The number of carbonyl (C=O) groups is 1. The molecule has 0 bridgehead atoms. The summed E-state index contributed by atoms with van der Waals surface area (Å²) in [4.78, 5) is 15.2. The zero-order valence-corrected chi connectivity index (χ0v) is 16.1. The van der Waals surface area contributed by atoms with Gasteiger partial charge in [0.1, 0.15) is 6.61 Å². The number of rotatable bonds is 8. The number of nitrogens with zero attached hydrogens (tertiary/aromatic N) is 2. The zero-order valence-electron chi connectivity index (χ0n) is 15.3. The van der Waals surface area contributed by atoms with Gasteiger partial charge in [-0.05, 0) is 17.2 Å². The highest BCUT2D eigenvalue weighted by Crippen LogP contribution is 2.31. The van der Waals surface area contributed by atoms with Crippen LogP contribution in [0.1, 0.15) is 5.56 Å². The molecule has 0 spiro atoms. The summed E-state index contributed by atoms with van der Waals surface area (Å²) in [6, 6.07) is 16.4. The van der Waals surface area contributed by atoms with E-state index in [9.17, 15) is 4.79 Å². The van der Waals surface area contributed by atoms with E-state index in [2.05, 4.69) is 40.1 Å². The predicted molar refractivity (Wildman–Crippen MR) is 107 cm³/mol. The monoisotopic (exact) mass is 388 g/mol. The molecule has 0 aliphatic carbocycles. The molecule has 2 aromatic carbocycles. The van der Waals surface area contributed by atoms with Gasteiger partial charge in [-0.1, -0.05) is 54.1 Å². The van der Waals surface area contributed by atoms with Crippen LogP contribution in [0.15, 0.2) is 48.5 Å². The van der Waals surface area contributed by atoms with Gasteiger partial charge in [-0.15, -0.1) is 0 Å². The summed E-state index contributed by atoms with van der Waals surface area (Å²) in [6.07, 6.45) is 0. The van der Waals surface area contributed by atoms with Crippen molar-refractivity contribution in [3.8, 4) is 11.1 Å². The summed E-state index contributed by atoms with van der Waals surface area (Å²) in [5.74, 6) is -0.919. The zero-order chi connectivity index (χ0) is 19.1. The Kier molecular flexibility index (Phi) is 7.24. The van der Waals surface area contributed by atoms with E-state index in [1.54, 1.807) is 0 Å². The van der Waals surface area contributed by atoms with Crippen LogP contribution in [0.5, 0.6) is 0 Å². The van der Waals surface area contributed by atoms with Gasteiger partial charge in [0.05, 0.1) is 6.61 Å². The molecule has 2 aromatic rings. The number of ether oxygens (including phenoxy) is 1. The first-order valence-corrected chi connectivity index (χ1v) is 9.58. The van der Waals surface area contributed by atoms with Gasteiger partial charge in [-0.25, -0.2) is 4.79 Å². The molecule has 1 N–H and O–H groups in total. The topological polar surface area (TPSA) is 53.0 Å². The lowest BCUT2D eigenvalue weighted by Crippen LogP contribution is -2.46. The molecule has 5 nitrogen and oxygen atoms in total. The minimum absolute atomic E-state index is 0.223.